The Bertz CT molecular complexity index is 1720. The van der Waals surface area contributed by atoms with E-state index in [0.717, 1.165) is 61.9 Å². The quantitative estimate of drug-likeness (QED) is 0.312. The zero-order chi connectivity index (χ0) is 29.5. The van der Waals surface area contributed by atoms with Gasteiger partial charge in [0.05, 0.1) is 47.4 Å². The van der Waals surface area contributed by atoms with Crippen LogP contribution in [0.2, 0.25) is 0 Å². The van der Waals surface area contributed by atoms with Gasteiger partial charge in [-0.3, -0.25) is 4.90 Å². The number of nitrogens with zero attached hydrogens (tertiary/aromatic N) is 6. The first kappa shape index (κ1) is 27.3. The van der Waals surface area contributed by atoms with Gasteiger partial charge in [0, 0.05) is 44.4 Å². The van der Waals surface area contributed by atoms with Crippen molar-refractivity contribution in [3.8, 4) is 11.9 Å². The SMILES string of the molecule is N#Cc1ccc(COc2cccc(N3C[C@H]4CN(Cc5nc6ccc(C(=O)O)cc6n5C[C@@H]5CCO5)C[C@H]4C3)n2)c(F)c1. The Hall–Kier alpha value is -4.53. The summed E-state index contributed by atoms with van der Waals surface area (Å²) in [6.07, 6.45) is 1.13. The largest absolute Gasteiger partial charge is 0.478 e. The van der Waals surface area contributed by atoms with Gasteiger partial charge in [-0.1, -0.05) is 12.1 Å². The fourth-order valence-electron chi connectivity index (χ4n) is 6.41. The number of aromatic carboxylic acids is 1. The van der Waals surface area contributed by atoms with Crippen molar-refractivity contribution in [3.05, 3.63) is 82.9 Å². The number of carbonyl (C=O) groups is 1. The number of pyridine rings is 1. The third-order valence-corrected chi connectivity index (χ3v) is 8.77. The summed E-state index contributed by atoms with van der Waals surface area (Å²) >= 11 is 0. The first-order chi connectivity index (χ1) is 20.9. The predicted molar refractivity (Wildman–Crippen MR) is 155 cm³/mol. The summed E-state index contributed by atoms with van der Waals surface area (Å²) < 4.78 is 27.9. The molecule has 3 aliphatic rings. The number of aromatic nitrogens is 3. The molecule has 10 nitrogen and oxygen atoms in total. The second-order valence-corrected chi connectivity index (χ2v) is 11.6. The summed E-state index contributed by atoms with van der Waals surface area (Å²) in [6, 6.07) is 17.1. The maximum Gasteiger partial charge on any atom is 0.335 e. The molecule has 2 aromatic heterocycles. The van der Waals surface area contributed by atoms with Crippen LogP contribution in [0.1, 0.15) is 33.7 Å². The van der Waals surface area contributed by atoms with Gasteiger partial charge in [-0.05, 0) is 54.7 Å². The van der Waals surface area contributed by atoms with E-state index < -0.39 is 11.8 Å². The van der Waals surface area contributed by atoms with Gasteiger partial charge in [0.1, 0.15) is 24.1 Å². The van der Waals surface area contributed by atoms with Crippen molar-refractivity contribution in [2.24, 2.45) is 11.8 Å². The van der Waals surface area contributed by atoms with Crippen LogP contribution in [0.5, 0.6) is 5.88 Å². The van der Waals surface area contributed by atoms with E-state index in [4.69, 9.17) is 24.7 Å². The molecule has 11 heteroatoms. The van der Waals surface area contributed by atoms with Crippen LogP contribution in [0.3, 0.4) is 0 Å². The molecule has 7 rings (SSSR count). The van der Waals surface area contributed by atoms with Crippen LogP contribution in [0.25, 0.3) is 11.0 Å². The molecule has 5 heterocycles. The third kappa shape index (κ3) is 5.51. The van der Waals surface area contributed by atoms with E-state index in [1.807, 2.05) is 18.2 Å². The van der Waals surface area contributed by atoms with Crippen LogP contribution in [-0.4, -0.2) is 69.4 Å². The van der Waals surface area contributed by atoms with Crippen LogP contribution < -0.4 is 9.64 Å². The van der Waals surface area contributed by atoms with Crippen molar-refractivity contribution in [2.45, 2.75) is 32.2 Å². The third-order valence-electron chi connectivity index (χ3n) is 8.77. The number of anilines is 1. The number of carboxylic acids is 1. The van der Waals surface area contributed by atoms with Crippen molar-refractivity contribution in [1.29, 1.82) is 5.26 Å². The Morgan fingerprint density at radius 1 is 1.09 bits per heavy atom. The summed E-state index contributed by atoms with van der Waals surface area (Å²) in [5.74, 6) is 1.78. The zero-order valence-corrected chi connectivity index (χ0v) is 23.5. The molecule has 0 saturated carbocycles. The summed E-state index contributed by atoms with van der Waals surface area (Å²) in [4.78, 5) is 26.0. The van der Waals surface area contributed by atoms with Gasteiger partial charge in [-0.15, -0.1) is 0 Å². The number of rotatable bonds is 9. The fraction of sp³-hybridized carbons (Fsp3) is 0.375. The van der Waals surface area contributed by atoms with Gasteiger partial charge in [0.25, 0.3) is 0 Å². The average Bonchev–Trinajstić information content (AvgIpc) is 3.65. The molecule has 3 fully saturated rings. The minimum atomic E-state index is -0.945. The molecule has 0 radical (unpaired) electrons. The lowest BCUT2D eigenvalue weighted by atomic mass is 10.0. The second-order valence-electron chi connectivity index (χ2n) is 11.6. The molecule has 3 saturated heterocycles. The number of hydrogen-bond donors (Lipinski definition) is 1. The van der Waals surface area contributed by atoms with Gasteiger partial charge in [0.15, 0.2) is 0 Å². The van der Waals surface area contributed by atoms with E-state index in [9.17, 15) is 14.3 Å². The number of benzene rings is 2. The lowest BCUT2D eigenvalue weighted by Crippen LogP contribution is -2.33. The summed E-state index contributed by atoms with van der Waals surface area (Å²) in [7, 11) is 0. The Kier molecular flexibility index (Phi) is 7.16. The van der Waals surface area contributed by atoms with Crippen molar-refractivity contribution in [2.75, 3.05) is 37.7 Å². The molecule has 220 valence electrons. The number of hydrogen-bond acceptors (Lipinski definition) is 8. The second kappa shape index (κ2) is 11.3. The molecular weight excluding hydrogens is 551 g/mol. The topological polar surface area (TPSA) is 117 Å². The van der Waals surface area contributed by atoms with E-state index >= 15 is 0 Å². The molecule has 3 aliphatic heterocycles. The highest BCUT2D eigenvalue weighted by Crippen LogP contribution is 2.35. The molecule has 0 aliphatic carbocycles. The number of fused-ring (bicyclic) bond motifs is 2. The van der Waals surface area contributed by atoms with Gasteiger partial charge >= 0.3 is 5.97 Å². The minimum absolute atomic E-state index is 0.0312. The highest BCUT2D eigenvalue weighted by molar-refractivity contribution is 5.92. The molecule has 0 amide bonds. The van der Waals surface area contributed by atoms with Crippen LogP contribution in [0.15, 0.2) is 54.6 Å². The summed E-state index contributed by atoms with van der Waals surface area (Å²) in [5, 5.41) is 18.5. The fourth-order valence-corrected chi connectivity index (χ4v) is 6.41. The molecular formula is C32H31FN6O4. The monoisotopic (exact) mass is 582 g/mol. The Balaban J connectivity index is 0.999. The molecule has 2 aromatic carbocycles. The van der Waals surface area contributed by atoms with E-state index in [1.165, 1.54) is 6.07 Å². The summed E-state index contributed by atoms with van der Waals surface area (Å²) in [6.45, 7) is 5.82. The summed E-state index contributed by atoms with van der Waals surface area (Å²) in [5.41, 5.74) is 2.55. The number of nitriles is 1. The van der Waals surface area contributed by atoms with Crippen LogP contribution in [-0.2, 0) is 24.4 Å². The highest BCUT2D eigenvalue weighted by Gasteiger charge is 2.41. The number of carboxylic acid groups (broad SMARTS) is 1. The van der Waals surface area contributed by atoms with Crippen molar-refractivity contribution < 1.29 is 23.8 Å². The Morgan fingerprint density at radius 3 is 2.60 bits per heavy atom. The van der Waals surface area contributed by atoms with Crippen molar-refractivity contribution in [1.82, 2.24) is 19.4 Å². The number of ether oxygens (including phenoxy) is 2. The zero-order valence-electron chi connectivity index (χ0n) is 23.5. The van der Waals surface area contributed by atoms with Crippen LogP contribution in [0.4, 0.5) is 10.2 Å². The maximum absolute atomic E-state index is 14.3. The smallest absolute Gasteiger partial charge is 0.335 e. The number of likely N-dealkylation sites (tertiary alicyclic amines) is 1. The predicted octanol–water partition coefficient (Wildman–Crippen LogP) is 4.08. The number of imidazole rings is 1. The Labute approximate surface area is 247 Å². The van der Waals surface area contributed by atoms with E-state index in [2.05, 4.69) is 14.4 Å². The molecule has 43 heavy (non-hydrogen) atoms. The molecule has 0 unspecified atom stereocenters. The van der Waals surface area contributed by atoms with Gasteiger partial charge < -0.3 is 24.0 Å². The van der Waals surface area contributed by atoms with E-state index in [0.29, 0.717) is 36.4 Å². The average molecular weight is 583 g/mol. The van der Waals surface area contributed by atoms with Gasteiger partial charge in [-0.25, -0.2) is 14.2 Å². The van der Waals surface area contributed by atoms with Crippen molar-refractivity contribution in [3.63, 3.8) is 0 Å². The van der Waals surface area contributed by atoms with Crippen LogP contribution >= 0.6 is 0 Å². The highest BCUT2D eigenvalue weighted by atomic mass is 19.1. The molecule has 1 N–H and O–H groups in total. The normalized spacial score (nSPS) is 21.5. The standard InChI is InChI=1S/C32H31FN6O4/c33-26-10-20(12-34)4-5-22(26)19-43-31-3-1-2-29(36-31)38-15-23-13-37(14-24(23)16-38)18-30-35-27-7-6-21(32(40)41)11-28(27)39(30)17-25-8-9-42-25/h1-7,10-11,23-25H,8-9,13-19H2,(H,40,41)/t23-,24+,25-/m0/s1. The van der Waals surface area contributed by atoms with Crippen LogP contribution in [0, 0.1) is 29.0 Å². The lowest BCUT2D eigenvalue weighted by molar-refractivity contribution is -0.0591. The van der Waals surface area contributed by atoms with Gasteiger partial charge in [-0.2, -0.15) is 10.2 Å². The molecule has 0 spiro atoms. The van der Waals surface area contributed by atoms with E-state index in [1.54, 1.807) is 36.4 Å². The molecule has 3 atom stereocenters. The number of halogens is 1. The Morgan fingerprint density at radius 2 is 1.91 bits per heavy atom. The van der Waals surface area contributed by atoms with Gasteiger partial charge in [0.2, 0.25) is 5.88 Å². The molecule has 4 aromatic rings. The van der Waals surface area contributed by atoms with E-state index in [-0.39, 0.29) is 23.8 Å². The minimum Gasteiger partial charge on any atom is -0.478 e. The lowest BCUT2D eigenvalue weighted by Gasteiger charge is -2.28. The first-order valence-corrected chi connectivity index (χ1v) is 14.5. The molecule has 0 bridgehead atoms. The van der Waals surface area contributed by atoms with Crippen molar-refractivity contribution >= 4 is 22.8 Å². The first-order valence-electron chi connectivity index (χ1n) is 14.5. The maximum atomic E-state index is 14.3.